The Hall–Kier alpha value is -3.78. The van der Waals surface area contributed by atoms with Gasteiger partial charge in [-0.25, -0.2) is 9.78 Å². The van der Waals surface area contributed by atoms with Gasteiger partial charge in [0.25, 0.3) is 0 Å². The summed E-state index contributed by atoms with van der Waals surface area (Å²) >= 11 is 1.35. The van der Waals surface area contributed by atoms with Crippen LogP contribution >= 0.6 is 11.3 Å². The van der Waals surface area contributed by atoms with E-state index < -0.39 is 5.97 Å². The average molecular weight is 419 g/mol. The van der Waals surface area contributed by atoms with Gasteiger partial charge < -0.3 is 9.63 Å². The van der Waals surface area contributed by atoms with Gasteiger partial charge in [0.15, 0.2) is 5.69 Å². The maximum Gasteiger partial charge on any atom is 0.336 e. The number of carbonyl (C=O) groups excluding carboxylic acids is 1. The van der Waals surface area contributed by atoms with Gasteiger partial charge in [0.1, 0.15) is 5.01 Å². The minimum absolute atomic E-state index is 0.0818. The molecule has 0 spiro atoms. The fourth-order valence-electron chi connectivity index (χ4n) is 3.09. The predicted octanol–water partition coefficient (Wildman–Crippen LogP) is 4.73. The summed E-state index contributed by atoms with van der Waals surface area (Å²) in [5, 5.41) is 18.8. The van der Waals surface area contributed by atoms with Crippen molar-refractivity contribution >= 4 is 29.1 Å². The number of benzene rings is 2. The van der Waals surface area contributed by atoms with E-state index in [2.05, 4.69) is 15.5 Å². The topological polar surface area (TPSA) is 105 Å². The number of amides is 1. The summed E-state index contributed by atoms with van der Waals surface area (Å²) in [6.45, 7) is 0. The molecule has 0 saturated heterocycles. The fourth-order valence-corrected chi connectivity index (χ4v) is 3.71. The molecule has 2 heterocycles. The molecule has 0 aliphatic rings. The van der Waals surface area contributed by atoms with Crippen LogP contribution in [0.15, 0.2) is 70.7 Å². The first-order valence-corrected chi connectivity index (χ1v) is 10.1. The maximum absolute atomic E-state index is 12.6. The zero-order valence-corrected chi connectivity index (χ0v) is 16.6. The number of nitrogens with zero attached hydrogens (tertiary/aromatic N) is 2. The van der Waals surface area contributed by atoms with Crippen molar-refractivity contribution in [2.45, 2.75) is 12.8 Å². The van der Waals surface area contributed by atoms with Crippen molar-refractivity contribution in [2.24, 2.45) is 0 Å². The minimum atomic E-state index is -1.08. The van der Waals surface area contributed by atoms with Gasteiger partial charge in [0, 0.05) is 23.6 Å². The molecule has 7 nitrogen and oxygen atoms in total. The molecule has 1 amide bonds. The third-order valence-electron chi connectivity index (χ3n) is 4.49. The first-order valence-electron chi connectivity index (χ1n) is 9.19. The fraction of sp³-hybridized carbons (Fsp3) is 0.0909. The van der Waals surface area contributed by atoms with E-state index in [4.69, 9.17) is 4.52 Å². The third-order valence-corrected chi connectivity index (χ3v) is 5.27. The van der Waals surface area contributed by atoms with E-state index in [1.165, 1.54) is 17.4 Å². The van der Waals surface area contributed by atoms with Gasteiger partial charge in [-0.3, -0.25) is 10.1 Å². The smallest absolute Gasteiger partial charge is 0.336 e. The zero-order valence-electron chi connectivity index (χ0n) is 15.7. The molecule has 0 aliphatic carbocycles. The van der Waals surface area contributed by atoms with Gasteiger partial charge in [-0.05, 0) is 18.1 Å². The number of hydrogen-bond acceptors (Lipinski definition) is 6. The summed E-state index contributed by atoms with van der Waals surface area (Å²) in [6, 6.07) is 16.2. The lowest BCUT2D eigenvalue weighted by molar-refractivity contribution is -0.116. The summed E-state index contributed by atoms with van der Waals surface area (Å²) in [4.78, 5) is 28.6. The summed E-state index contributed by atoms with van der Waals surface area (Å²) in [5.74, 6) is -1.24. The van der Waals surface area contributed by atoms with Crippen LogP contribution in [0.3, 0.4) is 0 Å². The SMILES string of the molecule is O=C(CCc1ccccc1)Nc1onc(-c2nccs2)c1-c1ccccc1C(=O)O. The van der Waals surface area contributed by atoms with Gasteiger partial charge in [0.2, 0.25) is 11.8 Å². The Morgan fingerprint density at radius 1 is 1.07 bits per heavy atom. The minimum Gasteiger partial charge on any atom is -0.478 e. The van der Waals surface area contributed by atoms with Crippen LogP contribution in [0.5, 0.6) is 0 Å². The van der Waals surface area contributed by atoms with Gasteiger partial charge in [-0.1, -0.05) is 53.7 Å². The predicted molar refractivity (Wildman–Crippen MR) is 113 cm³/mol. The normalized spacial score (nSPS) is 10.7. The molecule has 0 radical (unpaired) electrons. The lowest BCUT2D eigenvalue weighted by Crippen LogP contribution is -2.12. The maximum atomic E-state index is 12.6. The Balaban J connectivity index is 1.67. The molecule has 8 heteroatoms. The molecule has 30 heavy (non-hydrogen) atoms. The van der Waals surface area contributed by atoms with Crippen molar-refractivity contribution in [3.05, 3.63) is 77.3 Å². The van der Waals surface area contributed by atoms with Crippen molar-refractivity contribution in [2.75, 3.05) is 5.32 Å². The quantitative estimate of drug-likeness (QED) is 0.448. The second kappa shape index (κ2) is 8.71. The van der Waals surface area contributed by atoms with Crippen LogP contribution in [0.4, 0.5) is 5.88 Å². The Morgan fingerprint density at radius 3 is 2.57 bits per heavy atom. The highest BCUT2D eigenvalue weighted by atomic mass is 32.1. The number of rotatable bonds is 7. The van der Waals surface area contributed by atoms with Crippen LogP contribution < -0.4 is 5.32 Å². The number of anilines is 1. The average Bonchev–Trinajstić information content (AvgIpc) is 3.43. The molecule has 4 aromatic rings. The van der Waals surface area contributed by atoms with E-state index in [0.29, 0.717) is 28.2 Å². The molecule has 0 bridgehead atoms. The van der Waals surface area contributed by atoms with Crippen molar-refractivity contribution in [3.63, 3.8) is 0 Å². The number of aryl methyl sites for hydroxylation is 1. The highest BCUT2D eigenvalue weighted by Gasteiger charge is 2.25. The number of carboxylic acids is 1. The van der Waals surface area contributed by atoms with Gasteiger partial charge in [-0.15, -0.1) is 11.3 Å². The molecule has 2 N–H and O–H groups in total. The van der Waals surface area contributed by atoms with Crippen LogP contribution in [-0.4, -0.2) is 27.1 Å². The molecule has 2 aromatic heterocycles. The van der Waals surface area contributed by atoms with E-state index in [1.54, 1.807) is 29.8 Å². The van der Waals surface area contributed by atoms with E-state index >= 15 is 0 Å². The molecule has 0 saturated carbocycles. The summed E-state index contributed by atoms with van der Waals surface area (Å²) in [6.07, 6.45) is 2.44. The number of aromatic nitrogens is 2. The third kappa shape index (κ3) is 4.13. The number of hydrogen-bond donors (Lipinski definition) is 2. The summed E-state index contributed by atoms with van der Waals surface area (Å²) in [7, 11) is 0. The largest absolute Gasteiger partial charge is 0.478 e. The highest BCUT2D eigenvalue weighted by molar-refractivity contribution is 7.13. The number of nitrogens with one attached hydrogen (secondary N) is 1. The Morgan fingerprint density at radius 2 is 1.83 bits per heavy atom. The standard InChI is InChI=1S/C22H17N3O4S/c26-17(11-10-14-6-2-1-3-7-14)24-20-18(15-8-4-5-9-16(15)22(27)28)19(25-29-20)21-23-12-13-30-21/h1-9,12-13H,10-11H2,(H,24,26)(H,27,28). The molecular weight excluding hydrogens is 402 g/mol. The Labute approximate surface area is 176 Å². The monoisotopic (exact) mass is 419 g/mol. The van der Waals surface area contributed by atoms with Gasteiger partial charge in [0.05, 0.1) is 11.1 Å². The number of thiazole rings is 1. The summed E-state index contributed by atoms with van der Waals surface area (Å²) < 4.78 is 5.42. The second-order valence-corrected chi connectivity index (χ2v) is 7.35. The highest BCUT2D eigenvalue weighted by Crippen LogP contribution is 2.40. The lowest BCUT2D eigenvalue weighted by Gasteiger charge is -2.08. The Kier molecular flexibility index (Phi) is 5.67. The van der Waals surface area contributed by atoms with E-state index in [0.717, 1.165) is 5.56 Å². The molecule has 4 rings (SSSR count). The van der Waals surface area contributed by atoms with Gasteiger partial charge in [-0.2, -0.15) is 0 Å². The Bertz CT molecular complexity index is 1170. The lowest BCUT2D eigenvalue weighted by atomic mass is 9.99. The van der Waals surface area contributed by atoms with Crippen molar-refractivity contribution in [3.8, 4) is 21.8 Å². The number of aromatic carboxylic acids is 1. The van der Waals surface area contributed by atoms with Crippen molar-refractivity contribution in [1.82, 2.24) is 10.1 Å². The van der Waals surface area contributed by atoms with Crippen LogP contribution in [0.2, 0.25) is 0 Å². The van der Waals surface area contributed by atoms with Gasteiger partial charge >= 0.3 is 5.97 Å². The van der Waals surface area contributed by atoms with E-state index in [1.807, 2.05) is 30.3 Å². The molecule has 0 fully saturated rings. The van der Waals surface area contributed by atoms with Crippen molar-refractivity contribution < 1.29 is 19.2 Å². The first-order chi connectivity index (χ1) is 14.6. The molecule has 2 aromatic carbocycles. The van der Waals surface area contributed by atoms with E-state index in [-0.39, 0.29) is 23.8 Å². The molecule has 0 unspecified atom stereocenters. The molecule has 0 atom stereocenters. The molecule has 150 valence electrons. The number of carbonyl (C=O) groups is 2. The number of carboxylic acid groups (broad SMARTS) is 1. The van der Waals surface area contributed by atoms with Crippen LogP contribution in [0.1, 0.15) is 22.3 Å². The van der Waals surface area contributed by atoms with E-state index in [9.17, 15) is 14.7 Å². The second-order valence-electron chi connectivity index (χ2n) is 6.46. The van der Waals surface area contributed by atoms with Crippen LogP contribution in [0.25, 0.3) is 21.8 Å². The van der Waals surface area contributed by atoms with Crippen molar-refractivity contribution in [1.29, 1.82) is 0 Å². The molecular formula is C22H17N3O4S. The van der Waals surface area contributed by atoms with Crippen LogP contribution in [-0.2, 0) is 11.2 Å². The molecule has 0 aliphatic heterocycles. The summed E-state index contributed by atoms with van der Waals surface area (Å²) in [5.41, 5.74) is 2.31. The first kappa shape index (κ1) is 19.5. The zero-order chi connectivity index (χ0) is 20.9. The van der Waals surface area contributed by atoms with Crippen LogP contribution in [0, 0.1) is 0 Å².